The lowest BCUT2D eigenvalue weighted by molar-refractivity contribution is -0.139. The lowest BCUT2D eigenvalue weighted by Gasteiger charge is -2.32. The first-order chi connectivity index (χ1) is 16.4. The van der Waals surface area contributed by atoms with Crippen LogP contribution in [0.2, 0.25) is 0 Å². The number of carbonyl (C=O) groups excluding carboxylic acids is 1. The summed E-state index contributed by atoms with van der Waals surface area (Å²) in [5, 5.41) is 28.4. The molecule has 5 atom stereocenters. The molecule has 0 heterocycles. The van der Waals surface area contributed by atoms with Gasteiger partial charge in [0, 0.05) is 0 Å². The topological polar surface area (TPSA) is 123 Å². The Hall–Kier alpha value is -2.32. The lowest BCUT2D eigenvalue weighted by Crippen LogP contribution is -2.30. The predicted molar refractivity (Wildman–Crippen MR) is 125 cm³/mol. The van der Waals surface area contributed by atoms with Gasteiger partial charge in [-0.25, -0.2) is 9.59 Å². The molecule has 0 aromatic heterocycles. The van der Waals surface area contributed by atoms with Crippen molar-refractivity contribution >= 4 is 12.1 Å². The maximum absolute atomic E-state index is 12.2. The van der Waals surface area contributed by atoms with Crippen LogP contribution < -0.4 is 4.74 Å². The summed E-state index contributed by atoms with van der Waals surface area (Å²) >= 11 is 0. The van der Waals surface area contributed by atoms with Crippen LogP contribution in [0.1, 0.15) is 63.0 Å². The molecule has 2 aliphatic carbocycles. The number of carbonyl (C=O) groups is 2. The van der Waals surface area contributed by atoms with Gasteiger partial charge < -0.3 is 29.5 Å². The molecule has 1 saturated carbocycles. The summed E-state index contributed by atoms with van der Waals surface area (Å²) in [6, 6.07) is 5.75. The van der Waals surface area contributed by atoms with E-state index in [1.165, 1.54) is 0 Å². The van der Waals surface area contributed by atoms with E-state index in [9.17, 15) is 14.7 Å². The lowest BCUT2D eigenvalue weighted by atomic mass is 9.73. The minimum Gasteiger partial charge on any atom is -0.482 e. The van der Waals surface area contributed by atoms with E-state index in [1.54, 1.807) is 6.07 Å². The summed E-state index contributed by atoms with van der Waals surface area (Å²) in [6.07, 6.45) is 6.20. The molecule has 3 N–H and O–H groups in total. The van der Waals surface area contributed by atoms with Crippen LogP contribution in [-0.4, -0.2) is 59.5 Å². The van der Waals surface area contributed by atoms with Crippen molar-refractivity contribution in [1.29, 1.82) is 0 Å². The zero-order valence-electron chi connectivity index (χ0n) is 20.0. The quantitative estimate of drug-likeness (QED) is 0.289. The first kappa shape index (κ1) is 26.3. The predicted octanol–water partition coefficient (Wildman–Crippen LogP) is 3.74. The van der Waals surface area contributed by atoms with Crippen molar-refractivity contribution in [2.45, 2.75) is 76.9 Å². The number of aliphatic carboxylic acids is 1. The van der Waals surface area contributed by atoms with Crippen molar-refractivity contribution in [3.63, 3.8) is 0 Å². The van der Waals surface area contributed by atoms with Crippen LogP contribution >= 0.6 is 0 Å². The first-order valence-electron chi connectivity index (χ1n) is 12.5. The maximum atomic E-state index is 12.2. The average Bonchev–Trinajstić information content (AvgIpc) is 3.14. The number of ether oxygens (including phenoxy) is 3. The van der Waals surface area contributed by atoms with Crippen molar-refractivity contribution < 1.29 is 39.1 Å². The molecular formula is C26H38O8. The summed E-state index contributed by atoms with van der Waals surface area (Å²) in [6.45, 7) is 1.40. The van der Waals surface area contributed by atoms with Crippen molar-refractivity contribution in [2.75, 3.05) is 19.8 Å². The number of aliphatic hydroxyl groups is 2. The first-order valence-corrected chi connectivity index (χ1v) is 12.5. The molecule has 8 nitrogen and oxygen atoms in total. The van der Waals surface area contributed by atoms with E-state index >= 15 is 0 Å². The monoisotopic (exact) mass is 478 g/mol. The number of hydrogen-bond acceptors (Lipinski definition) is 7. The fourth-order valence-corrected chi connectivity index (χ4v) is 5.63. The zero-order chi connectivity index (χ0) is 24.5. The van der Waals surface area contributed by atoms with Gasteiger partial charge in [0.15, 0.2) is 6.61 Å². The molecule has 3 rings (SSSR count). The summed E-state index contributed by atoms with van der Waals surface area (Å²) in [5.74, 6) is 0.248. The second kappa shape index (κ2) is 13.0. The molecule has 8 heteroatoms. The molecule has 0 radical (unpaired) electrons. The Labute approximate surface area is 201 Å². The third-order valence-corrected chi connectivity index (χ3v) is 7.20. The van der Waals surface area contributed by atoms with Gasteiger partial charge in [-0.15, -0.1) is 0 Å². The third kappa shape index (κ3) is 7.09. The van der Waals surface area contributed by atoms with E-state index < -0.39 is 12.1 Å². The Balaban J connectivity index is 1.72. The number of rotatable bonds is 13. The van der Waals surface area contributed by atoms with E-state index in [-0.39, 0.29) is 43.9 Å². The van der Waals surface area contributed by atoms with Crippen molar-refractivity contribution in [1.82, 2.24) is 0 Å². The maximum Gasteiger partial charge on any atom is 0.508 e. The molecule has 1 aromatic carbocycles. The average molecular weight is 479 g/mol. The number of unbranched alkanes of at least 4 members (excludes halogenated alkanes) is 2. The molecule has 190 valence electrons. The largest absolute Gasteiger partial charge is 0.508 e. The normalized spacial score (nSPS) is 24.1. The van der Waals surface area contributed by atoms with E-state index in [1.807, 2.05) is 6.07 Å². The van der Waals surface area contributed by atoms with E-state index in [0.29, 0.717) is 24.5 Å². The second-order valence-electron chi connectivity index (χ2n) is 9.51. The number of carboxylic acid groups (broad SMARTS) is 1. The van der Waals surface area contributed by atoms with Crippen LogP contribution in [0, 0.1) is 17.8 Å². The van der Waals surface area contributed by atoms with Crippen LogP contribution in [0.15, 0.2) is 18.2 Å². The molecule has 0 bridgehead atoms. The summed E-state index contributed by atoms with van der Waals surface area (Å²) in [5.41, 5.74) is 2.17. The third-order valence-electron chi connectivity index (χ3n) is 7.20. The number of hydrogen-bond donors (Lipinski definition) is 3. The SMILES string of the molecule is CCCCC[C@H](O)CC[C@@H]1[C@H]2Cc3cccc(OCC(=O)O)c3C[C@H]2C[C@H]1OC(=O)OCCO. The Bertz CT molecular complexity index is 810. The Morgan fingerprint density at radius 1 is 1.18 bits per heavy atom. The summed E-state index contributed by atoms with van der Waals surface area (Å²) in [7, 11) is 0. The fourth-order valence-electron chi connectivity index (χ4n) is 5.63. The van der Waals surface area contributed by atoms with Gasteiger partial charge in [-0.3, -0.25) is 0 Å². The molecule has 0 saturated heterocycles. The molecule has 0 aliphatic heterocycles. The van der Waals surface area contributed by atoms with Crippen molar-refractivity contribution in [2.24, 2.45) is 17.8 Å². The van der Waals surface area contributed by atoms with Gasteiger partial charge in [0.1, 0.15) is 18.5 Å². The minimum atomic E-state index is -1.01. The molecule has 1 fully saturated rings. The smallest absolute Gasteiger partial charge is 0.482 e. The molecule has 2 aliphatic rings. The summed E-state index contributed by atoms with van der Waals surface area (Å²) < 4.78 is 16.2. The standard InChI is InChI=1S/C26H38O8/c1-2-3-4-7-19(28)9-10-20-21-13-17-6-5-8-23(33-16-25(29)30)22(17)14-18(21)15-24(20)34-26(31)32-12-11-27/h5-6,8,18-21,24,27-28H,2-4,7,9-16H2,1H3,(H,29,30)/t18-,19-,20+,21-,24+/m0/s1. The van der Waals surface area contributed by atoms with Crippen molar-refractivity contribution in [3.05, 3.63) is 29.3 Å². The molecule has 0 amide bonds. The minimum absolute atomic E-state index is 0.101. The van der Waals surface area contributed by atoms with Crippen LogP contribution in [0.25, 0.3) is 0 Å². The van der Waals surface area contributed by atoms with Crippen LogP contribution in [0.5, 0.6) is 5.75 Å². The highest BCUT2D eigenvalue weighted by atomic mass is 16.7. The highest BCUT2D eigenvalue weighted by molar-refractivity contribution is 5.68. The van der Waals surface area contributed by atoms with Crippen LogP contribution in [0.4, 0.5) is 4.79 Å². The highest BCUT2D eigenvalue weighted by Gasteiger charge is 2.47. The number of benzene rings is 1. The molecular weight excluding hydrogens is 440 g/mol. The molecule has 0 unspecified atom stereocenters. The van der Waals surface area contributed by atoms with Crippen LogP contribution in [-0.2, 0) is 27.1 Å². The van der Waals surface area contributed by atoms with Gasteiger partial charge in [0.2, 0.25) is 0 Å². The molecule has 1 aromatic rings. The van der Waals surface area contributed by atoms with Gasteiger partial charge in [0.05, 0.1) is 12.7 Å². The van der Waals surface area contributed by atoms with E-state index in [2.05, 4.69) is 13.0 Å². The van der Waals surface area contributed by atoms with Gasteiger partial charge in [0.25, 0.3) is 0 Å². The Kier molecular flexibility index (Phi) is 10.0. The van der Waals surface area contributed by atoms with Crippen LogP contribution in [0.3, 0.4) is 0 Å². The zero-order valence-corrected chi connectivity index (χ0v) is 20.0. The summed E-state index contributed by atoms with van der Waals surface area (Å²) in [4.78, 5) is 23.1. The van der Waals surface area contributed by atoms with Gasteiger partial charge in [-0.05, 0) is 73.5 Å². The number of aliphatic hydroxyl groups excluding tert-OH is 2. The van der Waals surface area contributed by atoms with Gasteiger partial charge >= 0.3 is 12.1 Å². The molecule has 34 heavy (non-hydrogen) atoms. The second-order valence-corrected chi connectivity index (χ2v) is 9.51. The Morgan fingerprint density at radius 2 is 2.00 bits per heavy atom. The Morgan fingerprint density at radius 3 is 2.74 bits per heavy atom. The molecule has 0 spiro atoms. The van der Waals surface area contributed by atoms with E-state index in [0.717, 1.165) is 56.1 Å². The van der Waals surface area contributed by atoms with Gasteiger partial charge in [-0.1, -0.05) is 38.3 Å². The van der Waals surface area contributed by atoms with Crippen molar-refractivity contribution in [3.8, 4) is 5.75 Å². The number of fused-ring (bicyclic) bond motifs is 2. The van der Waals surface area contributed by atoms with E-state index in [4.69, 9.17) is 24.4 Å². The fraction of sp³-hybridized carbons (Fsp3) is 0.692. The van der Waals surface area contributed by atoms with Gasteiger partial charge in [-0.2, -0.15) is 0 Å². The number of carboxylic acids is 1. The highest BCUT2D eigenvalue weighted by Crippen LogP contribution is 2.49.